The minimum Gasteiger partial charge on any atom is -0.353 e. The zero-order valence-corrected chi connectivity index (χ0v) is 16.4. The Morgan fingerprint density at radius 3 is 2.50 bits per heavy atom. The molecule has 1 aliphatic carbocycles. The standard InChI is InChI=1S/C20H30N2O3S/c1-16-8-6-12-19(14-16)26(24,25)22-13-7-9-17(15-22)20(23)21-18-10-4-2-3-5-11-18/h6,8,12,14,17-18H,2-5,7,9-11,13,15H2,1H3,(H,21,23). The lowest BCUT2D eigenvalue weighted by atomic mass is 9.97. The van der Waals surface area contributed by atoms with Crippen LogP contribution in [0.15, 0.2) is 29.2 Å². The zero-order chi connectivity index (χ0) is 18.6. The van der Waals surface area contributed by atoms with Gasteiger partial charge in [0.2, 0.25) is 15.9 Å². The van der Waals surface area contributed by atoms with Crippen LogP contribution in [-0.4, -0.2) is 37.8 Å². The topological polar surface area (TPSA) is 66.5 Å². The van der Waals surface area contributed by atoms with Gasteiger partial charge in [0, 0.05) is 19.1 Å². The minimum absolute atomic E-state index is 0.0287. The normalized spacial score (nSPS) is 23.3. The summed E-state index contributed by atoms with van der Waals surface area (Å²) in [6, 6.07) is 7.25. The molecule has 5 nitrogen and oxygen atoms in total. The van der Waals surface area contributed by atoms with Crippen LogP contribution in [0.5, 0.6) is 0 Å². The van der Waals surface area contributed by atoms with E-state index in [0.717, 1.165) is 31.2 Å². The maximum Gasteiger partial charge on any atom is 0.243 e. The lowest BCUT2D eigenvalue weighted by Gasteiger charge is -2.32. The van der Waals surface area contributed by atoms with Gasteiger partial charge in [-0.3, -0.25) is 4.79 Å². The molecular weight excluding hydrogens is 348 g/mol. The van der Waals surface area contributed by atoms with Gasteiger partial charge >= 0.3 is 0 Å². The third kappa shape index (κ3) is 4.65. The number of nitrogens with one attached hydrogen (secondary N) is 1. The maximum atomic E-state index is 12.9. The Hall–Kier alpha value is -1.40. The summed E-state index contributed by atoms with van der Waals surface area (Å²) in [7, 11) is -3.54. The monoisotopic (exact) mass is 378 g/mol. The molecule has 6 heteroatoms. The summed E-state index contributed by atoms with van der Waals surface area (Å²) in [5.74, 6) is -0.215. The molecule has 1 heterocycles. The molecule has 0 bridgehead atoms. The van der Waals surface area contributed by atoms with E-state index < -0.39 is 10.0 Å². The van der Waals surface area contributed by atoms with Gasteiger partial charge in [-0.05, 0) is 50.3 Å². The first kappa shape index (κ1) is 19.4. The Morgan fingerprint density at radius 1 is 1.08 bits per heavy atom. The van der Waals surface area contributed by atoms with Crippen molar-refractivity contribution < 1.29 is 13.2 Å². The van der Waals surface area contributed by atoms with Gasteiger partial charge in [0.25, 0.3) is 0 Å². The van der Waals surface area contributed by atoms with E-state index in [1.165, 1.54) is 30.0 Å². The molecule has 144 valence electrons. The number of piperidine rings is 1. The zero-order valence-electron chi connectivity index (χ0n) is 15.6. The molecule has 1 atom stereocenters. The average molecular weight is 379 g/mol. The minimum atomic E-state index is -3.54. The lowest BCUT2D eigenvalue weighted by Crippen LogP contribution is -2.47. The number of rotatable bonds is 4. The molecule has 26 heavy (non-hydrogen) atoms. The third-order valence-electron chi connectivity index (χ3n) is 5.58. The van der Waals surface area contributed by atoms with Gasteiger partial charge in [0.1, 0.15) is 0 Å². The number of hydrogen-bond acceptors (Lipinski definition) is 3. The predicted molar refractivity (Wildman–Crippen MR) is 102 cm³/mol. The second-order valence-corrected chi connectivity index (χ2v) is 9.65. The quantitative estimate of drug-likeness (QED) is 0.818. The Kier molecular flexibility index (Phi) is 6.35. The molecule has 0 spiro atoms. The summed E-state index contributed by atoms with van der Waals surface area (Å²) in [5, 5.41) is 3.19. The number of hydrogen-bond donors (Lipinski definition) is 1. The van der Waals surface area contributed by atoms with Crippen LogP contribution >= 0.6 is 0 Å². The summed E-state index contributed by atoms with van der Waals surface area (Å²) in [5.41, 5.74) is 0.922. The number of sulfonamides is 1. The van der Waals surface area contributed by atoms with E-state index in [1.54, 1.807) is 18.2 Å². The SMILES string of the molecule is Cc1cccc(S(=O)(=O)N2CCCC(C(=O)NC3CCCCCC3)C2)c1. The molecule has 1 amide bonds. The molecule has 1 aromatic carbocycles. The van der Waals surface area contributed by atoms with Crippen molar-refractivity contribution in [3.8, 4) is 0 Å². The summed E-state index contributed by atoms with van der Waals surface area (Å²) in [6.07, 6.45) is 8.42. The average Bonchev–Trinajstić information content (AvgIpc) is 2.90. The van der Waals surface area contributed by atoms with Crippen LogP contribution in [0.25, 0.3) is 0 Å². The van der Waals surface area contributed by atoms with Crippen molar-refractivity contribution in [1.82, 2.24) is 9.62 Å². The van der Waals surface area contributed by atoms with E-state index in [-0.39, 0.29) is 24.4 Å². The van der Waals surface area contributed by atoms with E-state index in [1.807, 2.05) is 13.0 Å². The van der Waals surface area contributed by atoms with Crippen LogP contribution in [0.1, 0.15) is 56.9 Å². The number of benzene rings is 1. The molecule has 1 aromatic rings. The van der Waals surface area contributed by atoms with Gasteiger partial charge in [-0.2, -0.15) is 4.31 Å². The van der Waals surface area contributed by atoms with E-state index in [9.17, 15) is 13.2 Å². The van der Waals surface area contributed by atoms with Gasteiger partial charge in [0.05, 0.1) is 10.8 Å². The van der Waals surface area contributed by atoms with Gasteiger partial charge in [-0.1, -0.05) is 37.8 Å². The summed E-state index contributed by atoms with van der Waals surface area (Å²) < 4.78 is 27.4. The van der Waals surface area contributed by atoms with Crippen LogP contribution in [0.2, 0.25) is 0 Å². The fourth-order valence-electron chi connectivity index (χ4n) is 4.04. The predicted octanol–water partition coefficient (Wildman–Crippen LogP) is 3.23. The Balaban J connectivity index is 1.65. The van der Waals surface area contributed by atoms with Crippen molar-refractivity contribution in [2.45, 2.75) is 69.2 Å². The van der Waals surface area contributed by atoms with Crippen LogP contribution in [-0.2, 0) is 14.8 Å². The van der Waals surface area contributed by atoms with Gasteiger partial charge in [-0.25, -0.2) is 8.42 Å². The highest BCUT2D eigenvalue weighted by Crippen LogP contribution is 2.25. The largest absolute Gasteiger partial charge is 0.353 e. The number of carbonyl (C=O) groups excluding carboxylic acids is 1. The molecule has 0 radical (unpaired) electrons. The van der Waals surface area contributed by atoms with Gasteiger partial charge in [-0.15, -0.1) is 0 Å². The molecule has 1 saturated carbocycles. The van der Waals surface area contributed by atoms with Crippen LogP contribution in [0.3, 0.4) is 0 Å². The van der Waals surface area contributed by atoms with Crippen molar-refractivity contribution in [2.24, 2.45) is 5.92 Å². The Labute approximate surface area is 157 Å². The van der Waals surface area contributed by atoms with Crippen molar-refractivity contribution in [2.75, 3.05) is 13.1 Å². The molecule has 3 rings (SSSR count). The lowest BCUT2D eigenvalue weighted by molar-refractivity contribution is -0.126. The second-order valence-electron chi connectivity index (χ2n) is 7.72. The third-order valence-corrected chi connectivity index (χ3v) is 7.44. The molecule has 0 aromatic heterocycles. The molecule has 1 N–H and O–H groups in total. The van der Waals surface area contributed by atoms with Crippen LogP contribution in [0.4, 0.5) is 0 Å². The highest BCUT2D eigenvalue weighted by atomic mass is 32.2. The number of carbonyl (C=O) groups is 1. The van der Waals surface area contributed by atoms with Crippen molar-refractivity contribution in [3.63, 3.8) is 0 Å². The highest BCUT2D eigenvalue weighted by Gasteiger charge is 2.34. The van der Waals surface area contributed by atoms with Gasteiger partial charge in [0.15, 0.2) is 0 Å². The van der Waals surface area contributed by atoms with Crippen LogP contribution < -0.4 is 5.32 Å². The Morgan fingerprint density at radius 2 is 1.81 bits per heavy atom. The molecule has 1 aliphatic heterocycles. The van der Waals surface area contributed by atoms with Crippen molar-refractivity contribution in [3.05, 3.63) is 29.8 Å². The summed E-state index contributed by atoms with van der Waals surface area (Å²) in [6.45, 7) is 2.66. The summed E-state index contributed by atoms with van der Waals surface area (Å²) >= 11 is 0. The smallest absolute Gasteiger partial charge is 0.243 e. The first-order valence-electron chi connectivity index (χ1n) is 9.84. The molecule has 1 unspecified atom stereocenters. The first-order valence-corrected chi connectivity index (χ1v) is 11.3. The van der Waals surface area contributed by atoms with Crippen LogP contribution in [0, 0.1) is 12.8 Å². The summed E-state index contributed by atoms with van der Waals surface area (Å²) in [4.78, 5) is 13.0. The fourth-order valence-corrected chi connectivity index (χ4v) is 5.67. The van der Waals surface area contributed by atoms with E-state index in [2.05, 4.69) is 5.32 Å². The van der Waals surface area contributed by atoms with E-state index in [4.69, 9.17) is 0 Å². The van der Waals surface area contributed by atoms with E-state index >= 15 is 0 Å². The number of aryl methyl sites for hydroxylation is 1. The molecule has 1 saturated heterocycles. The fraction of sp³-hybridized carbons (Fsp3) is 0.650. The van der Waals surface area contributed by atoms with E-state index in [0.29, 0.717) is 11.4 Å². The van der Waals surface area contributed by atoms with Crippen molar-refractivity contribution in [1.29, 1.82) is 0 Å². The number of amides is 1. The van der Waals surface area contributed by atoms with Gasteiger partial charge < -0.3 is 5.32 Å². The number of nitrogens with zero attached hydrogens (tertiary/aromatic N) is 1. The molecule has 2 aliphatic rings. The second kappa shape index (κ2) is 8.53. The molecular formula is C20H30N2O3S. The molecule has 2 fully saturated rings. The first-order chi connectivity index (χ1) is 12.5. The maximum absolute atomic E-state index is 12.9. The Bertz CT molecular complexity index is 724. The highest BCUT2D eigenvalue weighted by molar-refractivity contribution is 7.89. The van der Waals surface area contributed by atoms with Crippen molar-refractivity contribution >= 4 is 15.9 Å².